The predicted molar refractivity (Wildman–Crippen MR) is 144 cm³/mol. The summed E-state index contributed by atoms with van der Waals surface area (Å²) in [6, 6.07) is 22.2. The molecule has 0 saturated heterocycles. The number of carbonyl (C=O) groups excluding carboxylic acids is 2. The molecule has 2 heterocycles. The fourth-order valence-electron chi connectivity index (χ4n) is 3.58. The van der Waals surface area contributed by atoms with Gasteiger partial charge in [-0.2, -0.15) is 5.10 Å². The van der Waals surface area contributed by atoms with Crippen molar-refractivity contribution < 1.29 is 23.5 Å². The Bertz CT molecular complexity index is 1560. The summed E-state index contributed by atoms with van der Waals surface area (Å²) < 4.78 is 16.5. The quantitative estimate of drug-likeness (QED) is 0.170. The first-order valence-electron chi connectivity index (χ1n) is 11.3. The number of fused-ring (bicyclic) bond motifs is 1. The van der Waals surface area contributed by atoms with Gasteiger partial charge in [-0.15, -0.1) is 0 Å². The SMILES string of the molecule is O=C(NN=Cc1ccc(-c2ccc(Cl)cc2Cl)o1)C(=Cc1ccc2c(c1)OCO2)NC(=O)c1ccccc1. The molecule has 1 aromatic heterocycles. The van der Waals surface area contributed by atoms with E-state index < -0.39 is 11.8 Å². The van der Waals surface area contributed by atoms with Gasteiger partial charge in [0.1, 0.15) is 17.2 Å². The van der Waals surface area contributed by atoms with Gasteiger partial charge >= 0.3 is 0 Å². The number of nitrogens with zero attached hydrogens (tertiary/aromatic N) is 1. The van der Waals surface area contributed by atoms with E-state index in [9.17, 15) is 9.59 Å². The molecule has 0 atom stereocenters. The lowest BCUT2D eigenvalue weighted by Crippen LogP contribution is -2.32. The van der Waals surface area contributed by atoms with Crippen molar-refractivity contribution in [1.29, 1.82) is 0 Å². The van der Waals surface area contributed by atoms with E-state index in [2.05, 4.69) is 15.8 Å². The monoisotopic (exact) mass is 547 g/mol. The van der Waals surface area contributed by atoms with E-state index in [1.165, 1.54) is 12.3 Å². The molecule has 8 nitrogen and oxygen atoms in total. The average molecular weight is 548 g/mol. The van der Waals surface area contributed by atoms with Crippen LogP contribution in [0, 0.1) is 0 Å². The second-order valence-electron chi connectivity index (χ2n) is 8.02. The number of furan rings is 1. The average Bonchev–Trinajstić information content (AvgIpc) is 3.58. The van der Waals surface area contributed by atoms with Crippen LogP contribution in [0.2, 0.25) is 10.0 Å². The largest absolute Gasteiger partial charge is 0.455 e. The summed E-state index contributed by atoms with van der Waals surface area (Å²) in [6.45, 7) is 0.119. The lowest BCUT2D eigenvalue weighted by molar-refractivity contribution is -0.117. The number of hydrogen-bond acceptors (Lipinski definition) is 6. The number of ether oxygens (including phenoxy) is 2. The van der Waals surface area contributed by atoms with E-state index >= 15 is 0 Å². The summed E-state index contributed by atoms with van der Waals surface area (Å²) in [4.78, 5) is 25.8. The number of benzene rings is 3. The van der Waals surface area contributed by atoms with E-state index in [0.29, 0.717) is 49.8 Å². The highest BCUT2D eigenvalue weighted by Gasteiger charge is 2.17. The van der Waals surface area contributed by atoms with Gasteiger partial charge in [-0.25, -0.2) is 5.43 Å². The number of halogens is 2. The lowest BCUT2D eigenvalue weighted by Gasteiger charge is -2.09. The van der Waals surface area contributed by atoms with Crippen LogP contribution in [-0.2, 0) is 4.79 Å². The molecule has 0 radical (unpaired) electrons. The Labute approximate surface area is 227 Å². The molecular weight excluding hydrogens is 529 g/mol. The van der Waals surface area contributed by atoms with Gasteiger partial charge in [0.15, 0.2) is 11.5 Å². The minimum atomic E-state index is -0.643. The maximum absolute atomic E-state index is 13.0. The van der Waals surface area contributed by atoms with E-state index in [-0.39, 0.29) is 12.5 Å². The molecule has 3 aromatic carbocycles. The summed E-state index contributed by atoms with van der Waals surface area (Å²) >= 11 is 12.2. The second kappa shape index (κ2) is 11.2. The third kappa shape index (κ3) is 5.88. The van der Waals surface area contributed by atoms with Crippen LogP contribution in [0.1, 0.15) is 21.7 Å². The number of nitrogens with one attached hydrogen (secondary N) is 2. The van der Waals surface area contributed by atoms with Crippen molar-refractivity contribution in [3.8, 4) is 22.8 Å². The number of hydrazone groups is 1. The molecule has 0 saturated carbocycles. The Morgan fingerprint density at radius 2 is 1.71 bits per heavy atom. The highest BCUT2D eigenvalue weighted by molar-refractivity contribution is 6.36. The number of carbonyl (C=O) groups is 2. The summed E-state index contributed by atoms with van der Waals surface area (Å²) in [7, 11) is 0. The highest BCUT2D eigenvalue weighted by atomic mass is 35.5. The molecule has 1 aliphatic heterocycles. The van der Waals surface area contributed by atoms with Crippen molar-refractivity contribution >= 4 is 47.3 Å². The number of hydrogen-bond donors (Lipinski definition) is 2. The minimum Gasteiger partial charge on any atom is -0.455 e. The number of amides is 2. The zero-order valence-corrected chi connectivity index (χ0v) is 21.1. The van der Waals surface area contributed by atoms with Crippen LogP contribution in [0.4, 0.5) is 0 Å². The lowest BCUT2D eigenvalue weighted by atomic mass is 10.1. The van der Waals surface area contributed by atoms with Gasteiger partial charge in [0.25, 0.3) is 11.8 Å². The van der Waals surface area contributed by atoms with E-state index in [1.807, 2.05) is 0 Å². The van der Waals surface area contributed by atoms with Gasteiger partial charge in [-0.3, -0.25) is 9.59 Å². The molecule has 0 aliphatic carbocycles. The van der Waals surface area contributed by atoms with Crippen LogP contribution in [0.3, 0.4) is 0 Å². The van der Waals surface area contributed by atoms with E-state index in [4.69, 9.17) is 37.1 Å². The molecule has 1 aliphatic rings. The second-order valence-corrected chi connectivity index (χ2v) is 8.86. The molecule has 190 valence electrons. The first-order valence-corrected chi connectivity index (χ1v) is 12.1. The minimum absolute atomic E-state index is 0.0250. The maximum Gasteiger partial charge on any atom is 0.287 e. The molecule has 38 heavy (non-hydrogen) atoms. The molecule has 0 bridgehead atoms. The summed E-state index contributed by atoms with van der Waals surface area (Å²) in [5, 5.41) is 7.58. The van der Waals surface area contributed by atoms with Crippen LogP contribution in [0.5, 0.6) is 11.5 Å². The zero-order chi connectivity index (χ0) is 26.5. The first kappa shape index (κ1) is 25.1. The van der Waals surface area contributed by atoms with Crippen molar-refractivity contribution in [2.45, 2.75) is 0 Å². The molecule has 4 aromatic rings. The Morgan fingerprint density at radius 1 is 0.895 bits per heavy atom. The third-order valence-corrected chi connectivity index (χ3v) is 5.97. The molecule has 2 amide bonds. The fourth-order valence-corrected chi connectivity index (χ4v) is 4.08. The smallest absolute Gasteiger partial charge is 0.287 e. The summed E-state index contributed by atoms with van der Waals surface area (Å²) in [5.74, 6) is 0.936. The van der Waals surface area contributed by atoms with Crippen molar-refractivity contribution in [2.24, 2.45) is 5.10 Å². The van der Waals surface area contributed by atoms with Gasteiger partial charge in [0.2, 0.25) is 6.79 Å². The van der Waals surface area contributed by atoms with Crippen LogP contribution in [0.25, 0.3) is 17.4 Å². The molecule has 0 spiro atoms. The van der Waals surface area contributed by atoms with Gasteiger partial charge in [0.05, 0.1) is 11.2 Å². The Kier molecular flexibility index (Phi) is 7.44. The predicted octanol–water partition coefficient (Wildman–Crippen LogP) is 5.90. The Morgan fingerprint density at radius 3 is 2.53 bits per heavy atom. The van der Waals surface area contributed by atoms with Crippen molar-refractivity contribution in [2.75, 3.05) is 6.79 Å². The van der Waals surface area contributed by atoms with Crippen LogP contribution in [-0.4, -0.2) is 24.8 Å². The maximum atomic E-state index is 13.0. The Hall–Kier alpha value is -4.53. The fraction of sp³-hybridized carbons (Fsp3) is 0.0357. The van der Waals surface area contributed by atoms with Crippen LogP contribution >= 0.6 is 23.2 Å². The van der Waals surface area contributed by atoms with Crippen LogP contribution < -0.4 is 20.2 Å². The van der Waals surface area contributed by atoms with Gasteiger partial charge in [0, 0.05) is 16.1 Å². The highest BCUT2D eigenvalue weighted by Crippen LogP contribution is 2.33. The Balaban J connectivity index is 1.33. The van der Waals surface area contributed by atoms with Gasteiger partial charge < -0.3 is 19.2 Å². The molecule has 5 rings (SSSR count). The first-order chi connectivity index (χ1) is 18.5. The van der Waals surface area contributed by atoms with Gasteiger partial charge in [-0.05, 0) is 66.2 Å². The topological polar surface area (TPSA) is 102 Å². The molecule has 2 N–H and O–H groups in total. The summed E-state index contributed by atoms with van der Waals surface area (Å²) in [5.41, 5.74) is 4.07. The standard InChI is InChI=1S/C28H19Cl2N3O5/c29-19-7-9-21(22(30)14-19)24-11-8-20(38-24)15-31-33-28(35)23(32-27(34)18-4-2-1-3-5-18)12-17-6-10-25-26(13-17)37-16-36-25/h1-15H,16H2,(H,32,34)(H,33,35). The van der Waals surface area contributed by atoms with E-state index in [0.717, 1.165) is 0 Å². The van der Waals surface area contributed by atoms with Gasteiger partial charge in [-0.1, -0.05) is 47.5 Å². The van der Waals surface area contributed by atoms with E-state index in [1.54, 1.807) is 78.9 Å². The van der Waals surface area contributed by atoms with Crippen molar-refractivity contribution in [3.63, 3.8) is 0 Å². The van der Waals surface area contributed by atoms with Crippen molar-refractivity contribution in [1.82, 2.24) is 10.7 Å². The normalized spacial score (nSPS) is 12.5. The van der Waals surface area contributed by atoms with Crippen LogP contribution in [0.15, 0.2) is 94.1 Å². The third-order valence-electron chi connectivity index (χ3n) is 5.42. The molecule has 0 fully saturated rings. The molecule has 10 heteroatoms. The molecule has 0 unspecified atom stereocenters. The zero-order valence-electron chi connectivity index (χ0n) is 19.6. The van der Waals surface area contributed by atoms with Crippen molar-refractivity contribution in [3.05, 3.63) is 111 Å². The summed E-state index contributed by atoms with van der Waals surface area (Å²) in [6.07, 6.45) is 2.85. The number of rotatable bonds is 7. The molecular formula is C28H19Cl2N3O5.